The van der Waals surface area contributed by atoms with Gasteiger partial charge in [0.25, 0.3) is 0 Å². The SMILES string of the molecule is COC(=O)Nc1ccc2c(c1)CC(C(=O)OC(C)(C)C)CCCCC(NC(=O)/C=C/c1cc(Cl)ccc1-n1cnnn1)c1nc-2c[nH]1. The van der Waals surface area contributed by atoms with Gasteiger partial charge in [0.1, 0.15) is 17.8 Å². The van der Waals surface area contributed by atoms with Crippen molar-refractivity contribution < 1.29 is 23.9 Å². The van der Waals surface area contributed by atoms with Crippen molar-refractivity contribution in [2.24, 2.45) is 5.92 Å². The van der Waals surface area contributed by atoms with Gasteiger partial charge in [-0.25, -0.2) is 9.78 Å². The third-order valence-electron chi connectivity index (χ3n) is 7.56. The van der Waals surface area contributed by atoms with Crippen molar-refractivity contribution in [2.75, 3.05) is 12.4 Å². The molecule has 0 spiro atoms. The fourth-order valence-electron chi connectivity index (χ4n) is 5.41. The van der Waals surface area contributed by atoms with Crippen molar-refractivity contribution in [2.45, 2.75) is 64.5 Å². The summed E-state index contributed by atoms with van der Waals surface area (Å²) in [5.41, 5.74) is 3.45. The number of tetrazole rings is 1. The third kappa shape index (κ3) is 8.82. The average Bonchev–Trinajstić information content (AvgIpc) is 3.73. The van der Waals surface area contributed by atoms with Gasteiger partial charge in [-0.15, -0.1) is 5.10 Å². The number of rotatable bonds is 6. The molecule has 0 saturated carbocycles. The Morgan fingerprint density at radius 2 is 1.91 bits per heavy atom. The van der Waals surface area contributed by atoms with Crippen LogP contribution < -0.4 is 10.6 Å². The number of H-pyrrole nitrogens is 1. The topological polar surface area (TPSA) is 166 Å². The number of halogens is 1. The molecule has 0 saturated heterocycles. The standard InChI is InChI=1S/C33H37ClN8O5/c1-33(2,3)47-31(44)21-7-5-6-8-26(38-29(43)14-9-20-16-23(34)10-13-28(20)42-19-36-40-41-42)30-35-18-27(39-30)25-12-11-24(17-22(25)15-21)37-32(45)46-4/h9-14,16-19,21,26H,5-8,15H2,1-4H3,(H,35,39)(H,37,45)(H,38,43)/b14-9+. The summed E-state index contributed by atoms with van der Waals surface area (Å²) >= 11 is 6.24. The number of fused-ring (bicyclic) bond motifs is 4. The number of methoxy groups -OCH3 is 1. The van der Waals surface area contributed by atoms with Crippen molar-refractivity contribution in [1.29, 1.82) is 0 Å². The molecule has 13 nitrogen and oxygen atoms in total. The predicted octanol–water partition coefficient (Wildman–Crippen LogP) is 5.83. The Balaban J connectivity index is 1.42. The fraction of sp³-hybridized carbons (Fsp3) is 0.364. The van der Waals surface area contributed by atoms with Gasteiger partial charge in [0.2, 0.25) is 5.91 Å². The normalized spacial score (nSPS) is 16.8. The molecule has 14 heteroatoms. The van der Waals surface area contributed by atoms with Crippen LogP contribution in [0.1, 0.15) is 69.4 Å². The Hall–Kier alpha value is -5.04. The molecule has 2 atom stereocenters. The molecule has 2 aromatic heterocycles. The lowest BCUT2D eigenvalue weighted by atomic mass is 9.89. The van der Waals surface area contributed by atoms with Gasteiger partial charge in [0.15, 0.2) is 0 Å². The van der Waals surface area contributed by atoms with Crippen molar-refractivity contribution in [3.8, 4) is 16.9 Å². The molecule has 3 N–H and O–H groups in total. The highest BCUT2D eigenvalue weighted by Gasteiger charge is 2.28. The molecule has 0 aliphatic carbocycles. The number of amides is 2. The molecule has 246 valence electrons. The van der Waals surface area contributed by atoms with E-state index in [0.717, 1.165) is 17.5 Å². The fourth-order valence-corrected chi connectivity index (χ4v) is 5.59. The second kappa shape index (κ2) is 14.6. The maximum atomic E-state index is 13.4. The first kappa shape index (κ1) is 33.3. The highest BCUT2D eigenvalue weighted by molar-refractivity contribution is 6.30. The molecule has 1 aliphatic heterocycles. The molecule has 5 rings (SSSR count). The molecular formula is C33H37ClN8O5. The highest BCUT2D eigenvalue weighted by atomic mass is 35.5. The summed E-state index contributed by atoms with van der Waals surface area (Å²) in [5.74, 6) is -0.437. The molecule has 4 aromatic rings. The molecule has 3 heterocycles. The number of imidazole rings is 1. The quantitative estimate of drug-likeness (QED) is 0.170. The number of ether oxygens (including phenoxy) is 2. The van der Waals surface area contributed by atoms with E-state index in [1.165, 1.54) is 24.2 Å². The number of benzene rings is 2. The van der Waals surface area contributed by atoms with Gasteiger partial charge < -0.3 is 19.8 Å². The minimum atomic E-state index is -0.643. The Kier molecular flexibility index (Phi) is 10.3. The van der Waals surface area contributed by atoms with Crippen LogP contribution in [0.4, 0.5) is 10.5 Å². The van der Waals surface area contributed by atoms with E-state index in [2.05, 4.69) is 31.1 Å². The summed E-state index contributed by atoms with van der Waals surface area (Å²) in [6, 6.07) is 10.2. The number of aromatic nitrogens is 6. The van der Waals surface area contributed by atoms with Crippen molar-refractivity contribution in [1.82, 2.24) is 35.5 Å². The Morgan fingerprint density at radius 3 is 2.66 bits per heavy atom. The van der Waals surface area contributed by atoms with Crippen molar-refractivity contribution in [3.05, 3.63) is 77.0 Å². The van der Waals surface area contributed by atoms with Gasteiger partial charge in [0.05, 0.1) is 30.5 Å². The molecule has 2 unspecified atom stereocenters. The van der Waals surface area contributed by atoms with Crippen molar-refractivity contribution in [3.63, 3.8) is 0 Å². The Morgan fingerprint density at radius 1 is 1.11 bits per heavy atom. The minimum Gasteiger partial charge on any atom is -0.460 e. The maximum Gasteiger partial charge on any atom is 0.411 e. The number of carbonyl (C=O) groups excluding carboxylic acids is 3. The average molecular weight is 661 g/mol. The third-order valence-corrected chi connectivity index (χ3v) is 7.79. The number of anilines is 1. The van der Waals surface area contributed by atoms with Gasteiger partial charge in [0, 0.05) is 34.1 Å². The Labute approximate surface area is 277 Å². The number of carbonyl (C=O) groups is 3. The number of esters is 1. The minimum absolute atomic E-state index is 0.286. The summed E-state index contributed by atoms with van der Waals surface area (Å²) in [6.45, 7) is 5.54. The zero-order valence-corrected chi connectivity index (χ0v) is 27.4. The van der Waals surface area contributed by atoms with E-state index >= 15 is 0 Å². The zero-order valence-electron chi connectivity index (χ0n) is 26.6. The number of hydrogen-bond acceptors (Lipinski definition) is 9. The summed E-state index contributed by atoms with van der Waals surface area (Å²) in [4.78, 5) is 46.7. The molecule has 0 fully saturated rings. The number of nitrogens with zero attached hydrogens (tertiary/aromatic N) is 5. The summed E-state index contributed by atoms with van der Waals surface area (Å²) in [7, 11) is 1.29. The lowest BCUT2D eigenvalue weighted by Gasteiger charge is -2.25. The first-order valence-corrected chi connectivity index (χ1v) is 15.6. The first-order chi connectivity index (χ1) is 22.5. The number of nitrogens with one attached hydrogen (secondary N) is 3. The monoisotopic (exact) mass is 660 g/mol. The van der Waals surface area contributed by atoms with Crippen LogP contribution in [0.25, 0.3) is 23.0 Å². The van der Waals surface area contributed by atoms with Crippen LogP contribution >= 0.6 is 11.6 Å². The van der Waals surface area contributed by atoms with E-state index in [9.17, 15) is 14.4 Å². The van der Waals surface area contributed by atoms with E-state index in [4.69, 9.17) is 26.1 Å². The lowest BCUT2D eigenvalue weighted by Crippen LogP contribution is -2.30. The maximum absolute atomic E-state index is 13.4. The number of aromatic amines is 1. The van der Waals surface area contributed by atoms with Crippen LogP contribution in [0.3, 0.4) is 0 Å². The summed E-state index contributed by atoms with van der Waals surface area (Å²) in [5, 5.41) is 17.6. The van der Waals surface area contributed by atoms with Gasteiger partial charge in [-0.3, -0.25) is 14.9 Å². The first-order valence-electron chi connectivity index (χ1n) is 15.3. The largest absolute Gasteiger partial charge is 0.460 e. The van der Waals surface area contributed by atoms with Crippen LogP contribution in [0.5, 0.6) is 0 Å². The van der Waals surface area contributed by atoms with Crippen LogP contribution in [0.15, 0.2) is 55.0 Å². The van der Waals surface area contributed by atoms with Crippen LogP contribution in [0.2, 0.25) is 5.02 Å². The van der Waals surface area contributed by atoms with Crippen molar-refractivity contribution >= 4 is 41.3 Å². The predicted molar refractivity (Wildman–Crippen MR) is 176 cm³/mol. The van der Waals surface area contributed by atoms with E-state index in [1.54, 1.807) is 36.5 Å². The molecule has 2 amide bonds. The summed E-state index contributed by atoms with van der Waals surface area (Å²) < 4.78 is 12.1. The van der Waals surface area contributed by atoms with Gasteiger partial charge in [-0.05, 0) is 92.4 Å². The van der Waals surface area contributed by atoms with E-state index in [0.29, 0.717) is 59.2 Å². The highest BCUT2D eigenvalue weighted by Crippen LogP contribution is 2.32. The van der Waals surface area contributed by atoms with Gasteiger partial charge >= 0.3 is 12.1 Å². The zero-order chi connectivity index (χ0) is 33.6. The smallest absolute Gasteiger partial charge is 0.411 e. The molecule has 1 aliphatic rings. The number of hydrogen-bond donors (Lipinski definition) is 3. The van der Waals surface area contributed by atoms with Gasteiger partial charge in [-0.1, -0.05) is 30.5 Å². The molecular weight excluding hydrogens is 624 g/mol. The Bertz CT molecular complexity index is 1760. The lowest BCUT2D eigenvalue weighted by molar-refractivity contribution is -0.160. The molecule has 0 radical (unpaired) electrons. The second-order valence-electron chi connectivity index (χ2n) is 12.2. The van der Waals surface area contributed by atoms with Crippen LogP contribution in [-0.2, 0) is 25.5 Å². The van der Waals surface area contributed by atoms with E-state index < -0.39 is 23.7 Å². The summed E-state index contributed by atoms with van der Waals surface area (Å²) in [6.07, 6.45) is 8.73. The van der Waals surface area contributed by atoms with E-state index in [1.807, 2.05) is 32.9 Å². The second-order valence-corrected chi connectivity index (χ2v) is 12.7. The van der Waals surface area contributed by atoms with Gasteiger partial charge in [-0.2, -0.15) is 4.68 Å². The molecule has 2 aromatic carbocycles. The van der Waals surface area contributed by atoms with Crippen LogP contribution in [-0.4, -0.2) is 60.9 Å². The molecule has 2 bridgehead atoms. The van der Waals surface area contributed by atoms with Crippen LogP contribution in [0, 0.1) is 5.92 Å². The molecule has 47 heavy (non-hydrogen) atoms. The van der Waals surface area contributed by atoms with E-state index in [-0.39, 0.29) is 11.9 Å².